The summed E-state index contributed by atoms with van der Waals surface area (Å²) in [6.07, 6.45) is 1.68. The van der Waals surface area contributed by atoms with Crippen LogP contribution in [-0.4, -0.2) is 19.0 Å². The Kier molecular flexibility index (Phi) is 6.34. The van der Waals surface area contributed by atoms with E-state index in [0.29, 0.717) is 19.4 Å². The maximum absolute atomic E-state index is 10.2. The molecule has 0 rings (SSSR count). The fourth-order valence-corrected chi connectivity index (χ4v) is 0.657. The van der Waals surface area contributed by atoms with Crippen molar-refractivity contribution < 1.29 is 4.79 Å². The molecule has 4 nitrogen and oxygen atoms in total. The first-order chi connectivity index (χ1) is 5.27. The third-order valence-electron chi connectivity index (χ3n) is 1.19. The molecule has 0 heterocycles. The molecule has 0 aromatic rings. The second-order valence-corrected chi connectivity index (χ2v) is 2.23. The third-order valence-corrected chi connectivity index (χ3v) is 1.19. The minimum Gasteiger partial charge on any atom is -0.370 e. The summed E-state index contributed by atoms with van der Waals surface area (Å²) < 4.78 is 0. The van der Waals surface area contributed by atoms with E-state index in [0.717, 1.165) is 13.0 Å². The molecular formula is C7H13N3O. The van der Waals surface area contributed by atoms with Crippen LogP contribution < -0.4 is 11.1 Å². The predicted molar refractivity (Wildman–Crippen MR) is 41.5 cm³/mol. The van der Waals surface area contributed by atoms with Crippen molar-refractivity contribution in [2.45, 2.75) is 19.3 Å². The van der Waals surface area contributed by atoms with Gasteiger partial charge in [-0.2, -0.15) is 5.26 Å². The number of hydrogen-bond acceptors (Lipinski definition) is 3. The first-order valence-electron chi connectivity index (χ1n) is 3.63. The summed E-state index contributed by atoms with van der Waals surface area (Å²) in [5, 5.41) is 11.2. The van der Waals surface area contributed by atoms with Crippen molar-refractivity contribution in [1.29, 1.82) is 5.26 Å². The number of carbonyl (C=O) groups is 1. The van der Waals surface area contributed by atoms with Crippen molar-refractivity contribution in [1.82, 2.24) is 5.32 Å². The number of primary amides is 1. The van der Waals surface area contributed by atoms with Crippen molar-refractivity contribution in [2.75, 3.05) is 13.1 Å². The van der Waals surface area contributed by atoms with Gasteiger partial charge in [0.05, 0.1) is 6.07 Å². The average molecular weight is 155 g/mol. The monoisotopic (exact) mass is 155 g/mol. The van der Waals surface area contributed by atoms with Crippen LogP contribution in [0.15, 0.2) is 0 Å². The summed E-state index contributed by atoms with van der Waals surface area (Å²) >= 11 is 0. The van der Waals surface area contributed by atoms with E-state index < -0.39 is 0 Å². The highest BCUT2D eigenvalue weighted by molar-refractivity contribution is 5.73. The lowest BCUT2D eigenvalue weighted by atomic mass is 10.3. The molecule has 11 heavy (non-hydrogen) atoms. The van der Waals surface area contributed by atoms with Gasteiger partial charge in [0.2, 0.25) is 5.91 Å². The van der Waals surface area contributed by atoms with Gasteiger partial charge in [-0.1, -0.05) is 0 Å². The van der Waals surface area contributed by atoms with E-state index >= 15 is 0 Å². The van der Waals surface area contributed by atoms with Gasteiger partial charge in [-0.25, -0.2) is 0 Å². The van der Waals surface area contributed by atoms with Crippen molar-refractivity contribution in [2.24, 2.45) is 5.73 Å². The largest absolute Gasteiger partial charge is 0.370 e. The third kappa shape index (κ3) is 8.92. The summed E-state index contributed by atoms with van der Waals surface area (Å²) in [5.74, 6) is -0.271. The number of nitrogens with one attached hydrogen (secondary N) is 1. The van der Waals surface area contributed by atoms with Gasteiger partial charge in [-0.15, -0.1) is 0 Å². The lowest BCUT2D eigenvalue weighted by Crippen LogP contribution is -2.19. The topological polar surface area (TPSA) is 78.9 Å². The molecule has 0 aliphatic rings. The molecule has 62 valence electrons. The summed E-state index contributed by atoms with van der Waals surface area (Å²) in [5.41, 5.74) is 4.91. The molecule has 0 aliphatic carbocycles. The Hall–Kier alpha value is -1.08. The molecule has 4 heteroatoms. The van der Waals surface area contributed by atoms with Crippen LogP contribution in [0.2, 0.25) is 0 Å². The first-order valence-corrected chi connectivity index (χ1v) is 3.63. The lowest BCUT2D eigenvalue weighted by Gasteiger charge is -1.98. The molecule has 0 saturated carbocycles. The van der Waals surface area contributed by atoms with Gasteiger partial charge in [0.15, 0.2) is 0 Å². The molecule has 0 atom stereocenters. The maximum Gasteiger partial charge on any atom is 0.217 e. The highest BCUT2D eigenvalue weighted by Gasteiger charge is 1.92. The molecule has 0 fully saturated rings. The highest BCUT2D eigenvalue weighted by Crippen LogP contribution is 1.83. The summed E-state index contributed by atoms with van der Waals surface area (Å²) in [6, 6.07) is 2.01. The van der Waals surface area contributed by atoms with E-state index in [-0.39, 0.29) is 5.91 Å². The summed E-state index contributed by atoms with van der Waals surface area (Å²) in [4.78, 5) is 10.2. The van der Waals surface area contributed by atoms with Crippen LogP contribution in [0.25, 0.3) is 0 Å². The molecule has 0 aromatic carbocycles. The van der Waals surface area contributed by atoms with E-state index in [1.165, 1.54) is 0 Å². The number of amides is 1. The van der Waals surface area contributed by atoms with E-state index in [4.69, 9.17) is 11.0 Å². The number of nitriles is 1. The van der Waals surface area contributed by atoms with Crippen molar-refractivity contribution >= 4 is 5.91 Å². The number of carbonyl (C=O) groups excluding carboxylic acids is 1. The SMILES string of the molecule is N#CCCNCCCC(N)=O. The average Bonchev–Trinajstić information content (AvgIpc) is 1.96. The zero-order valence-electron chi connectivity index (χ0n) is 6.47. The smallest absolute Gasteiger partial charge is 0.217 e. The Labute approximate surface area is 66.4 Å². The molecule has 0 aliphatic heterocycles. The zero-order valence-corrected chi connectivity index (χ0v) is 6.47. The molecule has 0 radical (unpaired) electrons. The van der Waals surface area contributed by atoms with Gasteiger partial charge in [0, 0.05) is 19.4 Å². The Balaban J connectivity index is 2.92. The standard InChI is InChI=1S/C7H13N3O/c8-4-2-6-10-5-1-3-7(9)11/h10H,1-3,5-6H2,(H2,9,11). The Morgan fingerprint density at radius 1 is 1.55 bits per heavy atom. The van der Waals surface area contributed by atoms with Crippen LogP contribution in [0.4, 0.5) is 0 Å². The van der Waals surface area contributed by atoms with Gasteiger partial charge in [-0.3, -0.25) is 4.79 Å². The second-order valence-electron chi connectivity index (χ2n) is 2.23. The minimum atomic E-state index is -0.271. The molecule has 3 N–H and O–H groups in total. The van der Waals surface area contributed by atoms with Crippen LogP contribution in [0, 0.1) is 11.3 Å². The van der Waals surface area contributed by atoms with E-state index in [1.54, 1.807) is 0 Å². The Morgan fingerprint density at radius 3 is 2.82 bits per heavy atom. The Morgan fingerprint density at radius 2 is 2.27 bits per heavy atom. The zero-order chi connectivity index (χ0) is 8.53. The number of rotatable bonds is 6. The van der Waals surface area contributed by atoms with Gasteiger partial charge in [-0.05, 0) is 13.0 Å². The van der Waals surface area contributed by atoms with Crippen LogP contribution in [-0.2, 0) is 4.79 Å². The van der Waals surface area contributed by atoms with Crippen molar-refractivity contribution in [3.8, 4) is 6.07 Å². The molecule has 1 amide bonds. The molecule has 0 saturated heterocycles. The maximum atomic E-state index is 10.2. The predicted octanol–water partition coefficient (Wildman–Crippen LogP) is -0.245. The van der Waals surface area contributed by atoms with Crippen LogP contribution >= 0.6 is 0 Å². The van der Waals surface area contributed by atoms with E-state index in [1.807, 2.05) is 6.07 Å². The first kappa shape index (κ1) is 9.92. The number of nitrogens with zero attached hydrogens (tertiary/aromatic N) is 1. The minimum absolute atomic E-state index is 0.271. The molecule has 0 aromatic heterocycles. The van der Waals surface area contributed by atoms with E-state index in [9.17, 15) is 4.79 Å². The van der Waals surface area contributed by atoms with Gasteiger partial charge >= 0.3 is 0 Å². The number of hydrogen-bond donors (Lipinski definition) is 2. The van der Waals surface area contributed by atoms with Crippen LogP contribution in [0.3, 0.4) is 0 Å². The lowest BCUT2D eigenvalue weighted by molar-refractivity contribution is -0.118. The molecule has 0 bridgehead atoms. The fraction of sp³-hybridized carbons (Fsp3) is 0.714. The van der Waals surface area contributed by atoms with Gasteiger partial charge in [0.25, 0.3) is 0 Å². The van der Waals surface area contributed by atoms with Crippen LogP contribution in [0.5, 0.6) is 0 Å². The molecule has 0 spiro atoms. The fourth-order valence-electron chi connectivity index (χ4n) is 0.657. The van der Waals surface area contributed by atoms with Crippen molar-refractivity contribution in [3.05, 3.63) is 0 Å². The molecular weight excluding hydrogens is 142 g/mol. The van der Waals surface area contributed by atoms with Gasteiger partial charge in [0.1, 0.15) is 0 Å². The summed E-state index contributed by atoms with van der Waals surface area (Å²) in [6.45, 7) is 1.44. The van der Waals surface area contributed by atoms with Gasteiger partial charge < -0.3 is 11.1 Å². The second kappa shape index (κ2) is 7.03. The quantitative estimate of drug-likeness (QED) is 0.519. The van der Waals surface area contributed by atoms with E-state index in [2.05, 4.69) is 5.32 Å². The Bertz CT molecular complexity index is 150. The number of nitrogens with two attached hydrogens (primary N) is 1. The highest BCUT2D eigenvalue weighted by atomic mass is 16.1. The van der Waals surface area contributed by atoms with Crippen molar-refractivity contribution in [3.63, 3.8) is 0 Å². The van der Waals surface area contributed by atoms with Crippen LogP contribution in [0.1, 0.15) is 19.3 Å². The normalized spacial score (nSPS) is 9.00. The molecule has 0 unspecified atom stereocenters. The summed E-state index contributed by atoms with van der Waals surface area (Å²) in [7, 11) is 0.